The van der Waals surface area contributed by atoms with Gasteiger partial charge in [-0.1, -0.05) is 30.3 Å². The molecule has 2 aromatic rings. The maximum absolute atomic E-state index is 14.3. The Morgan fingerprint density at radius 1 is 1.18 bits per heavy atom. The molecule has 0 bridgehead atoms. The van der Waals surface area contributed by atoms with Gasteiger partial charge in [0.1, 0.15) is 5.82 Å². The van der Waals surface area contributed by atoms with E-state index in [0.717, 1.165) is 48.2 Å². The Bertz CT molecular complexity index is 1010. The van der Waals surface area contributed by atoms with E-state index in [2.05, 4.69) is 24.2 Å². The number of aryl methyl sites for hydroxylation is 2. The maximum Gasteiger partial charge on any atom is 0.229 e. The van der Waals surface area contributed by atoms with E-state index in [1.165, 1.54) is 6.07 Å². The molecule has 0 radical (unpaired) electrons. The number of oxime groups is 1. The van der Waals surface area contributed by atoms with Crippen molar-refractivity contribution in [3.05, 3.63) is 64.5 Å². The third-order valence-electron chi connectivity index (χ3n) is 6.77. The predicted octanol–water partition coefficient (Wildman–Crippen LogP) is 5.58. The minimum Gasteiger partial charge on any atom is -0.411 e. The van der Waals surface area contributed by atoms with Gasteiger partial charge in [0.15, 0.2) is 0 Å². The summed E-state index contributed by atoms with van der Waals surface area (Å²) in [6.07, 6.45) is 4.05. The van der Waals surface area contributed by atoms with Gasteiger partial charge < -0.3 is 15.0 Å². The van der Waals surface area contributed by atoms with E-state index in [0.29, 0.717) is 30.7 Å². The van der Waals surface area contributed by atoms with Gasteiger partial charge in [-0.15, -0.1) is 0 Å². The van der Waals surface area contributed by atoms with Crippen LogP contribution >= 0.6 is 0 Å². The van der Waals surface area contributed by atoms with Crippen molar-refractivity contribution in [1.82, 2.24) is 4.90 Å². The first-order chi connectivity index (χ1) is 16.2. The fourth-order valence-corrected chi connectivity index (χ4v) is 5.13. The zero-order valence-electron chi connectivity index (χ0n) is 21.1. The molecule has 6 heteroatoms. The van der Waals surface area contributed by atoms with Gasteiger partial charge in [-0.25, -0.2) is 4.39 Å². The van der Waals surface area contributed by atoms with Crippen LogP contribution in [0.3, 0.4) is 0 Å². The van der Waals surface area contributed by atoms with Crippen molar-refractivity contribution < 1.29 is 14.4 Å². The average Bonchev–Trinajstić information content (AvgIpc) is 2.78. The Morgan fingerprint density at radius 2 is 1.85 bits per heavy atom. The topological polar surface area (TPSA) is 56.1 Å². The smallest absolute Gasteiger partial charge is 0.229 e. The number of amides is 1. The third kappa shape index (κ3) is 6.23. The third-order valence-corrected chi connectivity index (χ3v) is 6.77. The average molecular weight is 468 g/mol. The normalized spacial score (nSPS) is 19.2. The first-order valence-corrected chi connectivity index (χ1v) is 12.2. The molecule has 2 atom stereocenters. The van der Waals surface area contributed by atoms with Crippen molar-refractivity contribution in [1.29, 1.82) is 0 Å². The molecule has 1 N–H and O–H groups in total. The predicted molar refractivity (Wildman–Crippen MR) is 136 cm³/mol. The van der Waals surface area contributed by atoms with Crippen LogP contribution in [0.2, 0.25) is 0 Å². The van der Waals surface area contributed by atoms with Crippen LogP contribution in [0.25, 0.3) is 0 Å². The Balaban J connectivity index is 1.80. The van der Waals surface area contributed by atoms with E-state index in [-0.39, 0.29) is 23.6 Å². The molecule has 0 spiro atoms. The summed E-state index contributed by atoms with van der Waals surface area (Å²) in [5, 5.41) is 13.2. The molecule has 184 valence electrons. The second-order valence-corrected chi connectivity index (χ2v) is 10.0. The molecule has 0 saturated carbocycles. The Morgan fingerprint density at radius 3 is 2.47 bits per heavy atom. The molecule has 5 nitrogen and oxygen atoms in total. The molecule has 1 fully saturated rings. The van der Waals surface area contributed by atoms with Crippen molar-refractivity contribution in [2.45, 2.75) is 52.9 Å². The maximum atomic E-state index is 14.3. The van der Waals surface area contributed by atoms with Gasteiger partial charge in [-0.3, -0.25) is 4.79 Å². The lowest BCUT2D eigenvalue weighted by molar-refractivity contribution is -0.124. The first kappa shape index (κ1) is 25.9. The van der Waals surface area contributed by atoms with Crippen molar-refractivity contribution >= 4 is 17.3 Å². The Hall–Kier alpha value is -2.73. The molecule has 0 unspecified atom stereocenters. The number of hydrogen-bond acceptors (Lipinski definition) is 4. The van der Waals surface area contributed by atoms with Crippen LogP contribution in [-0.2, 0) is 11.2 Å². The number of anilines is 1. The molecule has 1 aliphatic rings. The quantitative estimate of drug-likeness (QED) is 0.227. The highest BCUT2D eigenvalue weighted by atomic mass is 19.1. The fraction of sp³-hybridized carbons (Fsp3) is 0.500. The number of halogens is 1. The molecule has 1 aliphatic heterocycles. The van der Waals surface area contributed by atoms with E-state index in [4.69, 9.17) is 0 Å². The lowest BCUT2D eigenvalue weighted by Crippen LogP contribution is -2.46. The molecule has 0 aliphatic carbocycles. The van der Waals surface area contributed by atoms with Crippen LogP contribution in [-0.4, -0.2) is 48.9 Å². The number of hydrogen-bond donors (Lipinski definition) is 1. The molecule has 1 heterocycles. The van der Waals surface area contributed by atoms with Crippen LogP contribution in [0.15, 0.2) is 41.6 Å². The number of rotatable bonds is 9. The summed E-state index contributed by atoms with van der Waals surface area (Å²) in [5.41, 5.74) is 5.16. The van der Waals surface area contributed by atoms with Crippen LogP contribution < -0.4 is 4.90 Å². The van der Waals surface area contributed by atoms with E-state index < -0.39 is 0 Å². The largest absolute Gasteiger partial charge is 0.411 e. The van der Waals surface area contributed by atoms with Gasteiger partial charge in [0.25, 0.3) is 0 Å². The molecule has 1 saturated heterocycles. The van der Waals surface area contributed by atoms with Gasteiger partial charge in [-0.2, -0.15) is 0 Å². The van der Waals surface area contributed by atoms with E-state index in [9.17, 15) is 14.4 Å². The van der Waals surface area contributed by atoms with Crippen LogP contribution in [0.5, 0.6) is 0 Å². The van der Waals surface area contributed by atoms with Gasteiger partial charge >= 0.3 is 0 Å². The van der Waals surface area contributed by atoms with Crippen molar-refractivity contribution in [3.8, 4) is 0 Å². The number of carbonyl (C=O) groups excluding carboxylic acids is 1. The Labute approximate surface area is 203 Å². The summed E-state index contributed by atoms with van der Waals surface area (Å²) in [6, 6.07) is 10.9. The second-order valence-electron chi connectivity index (χ2n) is 10.0. The highest BCUT2D eigenvalue weighted by Gasteiger charge is 2.34. The number of unbranched alkanes of at least 4 members (excludes halogenated alkanes) is 1. The minimum absolute atomic E-state index is 0.114. The SMILES string of the molecule is Cc1cc(/C(CCCCN(C)C)=N/O)cc(C)c1N1C[C@@H](Cc2ccccc2F)C[C@@H](C)C1=O. The highest BCUT2D eigenvalue weighted by Crippen LogP contribution is 2.34. The van der Waals surface area contributed by atoms with E-state index in [1.54, 1.807) is 6.07 Å². The molecule has 3 rings (SSSR count). The van der Waals surface area contributed by atoms with Crippen LogP contribution in [0, 0.1) is 31.5 Å². The first-order valence-electron chi connectivity index (χ1n) is 12.2. The van der Waals surface area contributed by atoms with Crippen LogP contribution in [0.4, 0.5) is 10.1 Å². The fourth-order valence-electron chi connectivity index (χ4n) is 5.13. The summed E-state index contributed by atoms with van der Waals surface area (Å²) in [4.78, 5) is 17.2. The number of nitrogens with zero attached hydrogens (tertiary/aromatic N) is 3. The summed E-state index contributed by atoms with van der Waals surface area (Å²) >= 11 is 0. The molecule has 1 amide bonds. The van der Waals surface area contributed by atoms with Gasteiger partial charge in [0.05, 0.1) is 5.71 Å². The zero-order valence-corrected chi connectivity index (χ0v) is 21.1. The summed E-state index contributed by atoms with van der Waals surface area (Å²) in [7, 11) is 4.10. The lowest BCUT2D eigenvalue weighted by Gasteiger charge is -2.38. The monoisotopic (exact) mass is 467 g/mol. The standard InChI is InChI=1S/C28H38FN3O2/c1-19-15-24(26(30-34)12-8-9-13-31(4)5)16-20(2)27(19)32-18-22(14-21(3)28(32)33)17-23-10-6-7-11-25(23)29/h6-7,10-11,15-16,21-22,34H,8-9,12-14,17-18H2,1-5H3/b30-26+/t21-,22-/m1/s1. The van der Waals surface area contributed by atoms with E-state index >= 15 is 0 Å². The molecule has 0 aromatic heterocycles. The van der Waals surface area contributed by atoms with Gasteiger partial charge in [-0.05, 0) is 113 Å². The second kappa shape index (κ2) is 11.6. The van der Waals surface area contributed by atoms with Crippen molar-refractivity contribution in [3.63, 3.8) is 0 Å². The summed E-state index contributed by atoms with van der Waals surface area (Å²) in [5.74, 6) is 0.00443. The van der Waals surface area contributed by atoms with Crippen LogP contribution in [0.1, 0.15) is 54.9 Å². The Kier molecular flexibility index (Phi) is 8.84. The zero-order chi connectivity index (χ0) is 24.8. The van der Waals surface area contributed by atoms with Crippen molar-refractivity contribution in [2.24, 2.45) is 17.0 Å². The number of piperidine rings is 1. The van der Waals surface area contributed by atoms with Crippen molar-refractivity contribution in [2.75, 3.05) is 32.1 Å². The molecule has 34 heavy (non-hydrogen) atoms. The van der Waals surface area contributed by atoms with Gasteiger partial charge in [0, 0.05) is 18.2 Å². The lowest BCUT2D eigenvalue weighted by atomic mass is 9.84. The summed E-state index contributed by atoms with van der Waals surface area (Å²) in [6.45, 7) is 7.55. The summed E-state index contributed by atoms with van der Waals surface area (Å²) < 4.78 is 14.3. The number of benzene rings is 2. The highest BCUT2D eigenvalue weighted by molar-refractivity contribution is 6.02. The minimum atomic E-state index is -0.184. The van der Waals surface area contributed by atoms with Gasteiger partial charge in [0.2, 0.25) is 5.91 Å². The number of carbonyl (C=O) groups is 1. The molecular weight excluding hydrogens is 429 g/mol. The molecular formula is C28H38FN3O2. The molecule has 2 aromatic carbocycles. The van der Waals surface area contributed by atoms with E-state index in [1.807, 2.05) is 49.9 Å².